The maximum Gasteiger partial charge on any atom is 0.218 e. The molecule has 6 nitrogen and oxygen atoms in total. The topological polar surface area (TPSA) is 77.1 Å². The monoisotopic (exact) mass is 233 g/mol. The molecule has 2 rings (SSSR count). The highest BCUT2D eigenvalue weighted by atomic mass is 16.5. The van der Waals surface area contributed by atoms with Crippen molar-refractivity contribution in [3.63, 3.8) is 0 Å². The Bertz CT molecular complexity index is 523. The van der Waals surface area contributed by atoms with Crippen LogP contribution in [0.4, 0.5) is 0 Å². The lowest BCUT2D eigenvalue weighted by Crippen LogP contribution is -2.05. The molecule has 0 amide bonds. The molecule has 88 valence electrons. The van der Waals surface area contributed by atoms with E-state index in [-0.39, 0.29) is 11.5 Å². The summed E-state index contributed by atoms with van der Waals surface area (Å²) in [6.07, 6.45) is 1.36. The first kappa shape index (κ1) is 11.1. The summed E-state index contributed by atoms with van der Waals surface area (Å²) in [6.45, 7) is 0. The van der Waals surface area contributed by atoms with Crippen LogP contribution in [0.25, 0.3) is 0 Å². The van der Waals surface area contributed by atoms with E-state index in [0.29, 0.717) is 17.1 Å². The molecule has 0 aliphatic rings. The van der Waals surface area contributed by atoms with Crippen molar-refractivity contribution in [3.05, 3.63) is 35.7 Å². The Balaban J connectivity index is 2.45. The first-order chi connectivity index (χ1) is 8.26. The Morgan fingerprint density at radius 2 is 2.12 bits per heavy atom. The molecule has 0 saturated heterocycles. The lowest BCUT2D eigenvalue weighted by Gasteiger charge is -2.08. The van der Waals surface area contributed by atoms with Crippen LogP contribution in [0.5, 0.6) is 11.5 Å². The molecule has 17 heavy (non-hydrogen) atoms. The zero-order chi connectivity index (χ0) is 12.3. The highest BCUT2D eigenvalue weighted by molar-refractivity contribution is 6.09. The number of carbonyl (C=O) groups is 1. The van der Waals surface area contributed by atoms with E-state index in [1.54, 1.807) is 18.2 Å². The van der Waals surface area contributed by atoms with Gasteiger partial charge in [-0.05, 0) is 18.2 Å². The minimum atomic E-state index is -0.269. The van der Waals surface area contributed by atoms with Gasteiger partial charge in [-0.3, -0.25) is 4.79 Å². The maximum absolute atomic E-state index is 12.1. The fraction of sp³-hybridized carbons (Fsp3) is 0.182. The normalized spacial score (nSPS) is 10.0. The van der Waals surface area contributed by atoms with Crippen LogP contribution in [0, 0.1) is 0 Å². The second kappa shape index (κ2) is 4.65. The number of aromatic nitrogens is 3. The molecule has 0 bridgehead atoms. The molecule has 1 N–H and O–H groups in total. The second-order valence-electron chi connectivity index (χ2n) is 3.25. The zero-order valence-electron chi connectivity index (χ0n) is 9.43. The molecule has 2 aromatic rings. The SMILES string of the molecule is COc1ccc(OC)c(C(=O)c2cn[nH]n2)c1. The summed E-state index contributed by atoms with van der Waals surface area (Å²) in [4.78, 5) is 12.1. The van der Waals surface area contributed by atoms with Crippen molar-refractivity contribution < 1.29 is 14.3 Å². The summed E-state index contributed by atoms with van der Waals surface area (Å²) in [6, 6.07) is 5.00. The van der Waals surface area contributed by atoms with Crippen molar-refractivity contribution in [2.75, 3.05) is 14.2 Å². The van der Waals surface area contributed by atoms with Crippen molar-refractivity contribution in [1.29, 1.82) is 0 Å². The average molecular weight is 233 g/mol. The summed E-state index contributed by atoms with van der Waals surface area (Å²) in [5.74, 6) is 0.783. The number of ketones is 1. The molecular weight excluding hydrogens is 222 g/mol. The van der Waals surface area contributed by atoms with E-state index in [1.165, 1.54) is 20.4 Å². The van der Waals surface area contributed by atoms with Crippen molar-refractivity contribution in [1.82, 2.24) is 15.4 Å². The standard InChI is InChI=1S/C11H11N3O3/c1-16-7-3-4-10(17-2)8(5-7)11(15)9-6-12-14-13-9/h3-6H,1-2H3,(H,12,13,14). The number of ether oxygens (including phenoxy) is 2. The highest BCUT2D eigenvalue weighted by Crippen LogP contribution is 2.25. The lowest BCUT2D eigenvalue weighted by atomic mass is 10.1. The van der Waals surface area contributed by atoms with Crippen LogP contribution in [0.3, 0.4) is 0 Å². The smallest absolute Gasteiger partial charge is 0.218 e. The number of nitrogens with zero attached hydrogens (tertiary/aromatic N) is 2. The van der Waals surface area contributed by atoms with Crippen molar-refractivity contribution >= 4 is 5.78 Å². The van der Waals surface area contributed by atoms with Crippen molar-refractivity contribution in [2.45, 2.75) is 0 Å². The van der Waals surface area contributed by atoms with Gasteiger partial charge in [0, 0.05) is 0 Å². The first-order valence-corrected chi connectivity index (χ1v) is 4.88. The van der Waals surface area contributed by atoms with E-state index in [4.69, 9.17) is 9.47 Å². The molecular formula is C11H11N3O3. The van der Waals surface area contributed by atoms with E-state index in [1.807, 2.05) is 0 Å². The van der Waals surface area contributed by atoms with Gasteiger partial charge in [0.05, 0.1) is 26.0 Å². The Labute approximate surface area is 97.6 Å². The predicted molar refractivity (Wildman–Crippen MR) is 59.4 cm³/mol. The van der Waals surface area contributed by atoms with E-state index >= 15 is 0 Å². The van der Waals surface area contributed by atoms with Crippen LogP contribution in [0.2, 0.25) is 0 Å². The molecule has 1 aromatic carbocycles. The van der Waals surface area contributed by atoms with Gasteiger partial charge in [0.15, 0.2) is 5.69 Å². The number of aromatic amines is 1. The first-order valence-electron chi connectivity index (χ1n) is 4.88. The summed E-state index contributed by atoms with van der Waals surface area (Å²) in [5.41, 5.74) is 0.623. The summed E-state index contributed by atoms with van der Waals surface area (Å²) < 4.78 is 10.2. The van der Waals surface area contributed by atoms with E-state index < -0.39 is 0 Å². The van der Waals surface area contributed by atoms with Crippen LogP contribution >= 0.6 is 0 Å². The van der Waals surface area contributed by atoms with Crippen LogP contribution in [-0.4, -0.2) is 35.4 Å². The number of methoxy groups -OCH3 is 2. The van der Waals surface area contributed by atoms with Gasteiger partial charge in [-0.1, -0.05) is 0 Å². The fourth-order valence-electron chi connectivity index (χ4n) is 1.44. The Hall–Kier alpha value is -2.37. The molecule has 1 aromatic heterocycles. The van der Waals surface area contributed by atoms with Crippen LogP contribution < -0.4 is 9.47 Å². The van der Waals surface area contributed by atoms with E-state index in [0.717, 1.165) is 0 Å². The third-order valence-electron chi connectivity index (χ3n) is 2.30. The number of benzene rings is 1. The molecule has 0 fully saturated rings. The molecule has 0 radical (unpaired) electrons. The molecule has 0 spiro atoms. The van der Waals surface area contributed by atoms with Gasteiger partial charge in [0.2, 0.25) is 5.78 Å². The molecule has 0 atom stereocenters. The van der Waals surface area contributed by atoms with E-state index in [9.17, 15) is 4.79 Å². The second-order valence-corrected chi connectivity index (χ2v) is 3.25. The summed E-state index contributed by atoms with van der Waals surface area (Å²) >= 11 is 0. The summed E-state index contributed by atoms with van der Waals surface area (Å²) in [5, 5.41) is 9.73. The Kier molecular flexibility index (Phi) is 3.04. The molecule has 0 aliphatic carbocycles. The Morgan fingerprint density at radius 3 is 2.71 bits per heavy atom. The highest BCUT2D eigenvalue weighted by Gasteiger charge is 2.17. The predicted octanol–water partition coefficient (Wildman–Crippen LogP) is 1.05. The average Bonchev–Trinajstić information content (AvgIpc) is 2.91. The van der Waals surface area contributed by atoms with Gasteiger partial charge >= 0.3 is 0 Å². The van der Waals surface area contributed by atoms with Crippen LogP contribution in [-0.2, 0) is 0 Å². The van der Waals surface area contributed by atoms with Gasteiger partial charge in [-0.25, -0.2) is 0 Å². The van der Waals surface area contributed by atoms with Crippen molar-refractivity contribution in [3.8, 4) is 11.5 Å². The lowest BCUT2D eigenvalue weighted by molar-refractivity contribution is 0.103. The molecule has 1 heterocycles. The number of hydrogen-bond acceptors (Lipinski definition) is 5. The fourth-order valence-corrected chi connectivity index (χ4v) is 1.44. The Morgan fingerprint density at radius 1 is 1.29 bits per heavy atom. The minimum absolute atomic E-state index is 0.233. The van der Waals surface area contributed by atoms with Gasteiger partial charge in [0.25, 0.3) is 0 Å². The number of H-pyrrole nitrogens is 1. The van der Waals surface area contributed by atoms with E-state index in [2.05, 4.69) is 15.4 Å². The van der Waals surface area contributed by atoms with Gasteiger partial charge < -0.3 is 9.47 Å². The van der Waals surface area contributed by atoms with Gasteiger partial charge in [-0.15, -0.1) is 0 Å². The molecule has 0 unspecified atom stereocenters. The largest absolute Gasteiger partial charge is 0.497 e. The number of carbonyl (C=O) groups excluding carboxylic acids is 1. The van der Waals surface area contributed by atoms with Crippen LogP contribution in [0.15, 0.2) is 24.4 Å². The summed E-state index contributed by atoms with van der Waals surface area (Å²) in [7, 11) is 3.04. The minimum Gasteiger partial charge on any atom is -0.497 e. The maximum atomic E-state index is 12.1. The third-order valence-corrected chi connectivity index (χ3v) is 2.30. The van der Waals surface area contributed by atoms with Crippen LogP contribution in [0.1, 0.15) is 16.1 Å². The zero-order valence-corrected chi connectivity index (χ0v) is 9.43. The van der Waals surface area contributed by atoms with Gasteiger partial charge in [-0.2, -0.15) is 15.4 Å². The quantitative estimate of drug-likeness (QED) is 0.799. The molecule has 6 heteroatoms. The van der Waals surface area contributed by atoms with Gasteiger partial charge in [0.1, 0.15) is 11.5 Å². The number of rotatable bonds is 4. The third kappa shape index (κ3) is 2.10. The number of nitrogens with one attached hydrogen (secondary N) is 1. The molecule has 0 aliphatic heterocycles. The van der Waals surface area contributed by atoms with Crippen molar-refractivity contribution in [2.24, 2.45) is 0 Å². The number of hydrogen-bond donors (Lipinski definition) is 1. The molecule has 0 saturated carbocycles.